The molecular formula is C21H24N2O4. The first-order chi connectivity index (χ1) is 13.3. The molecule has 4 rings (SSSR count). The second-order valence-corrected chi connectivity index (χ2v) is 6.71. The third-order valence-corrected chi connectivity index (χ3v) is 4.80. The molecule has 0 radical (unpaired) electrons. The van der Waals surface area contributed by atoms with Crippen LogP contribution in [0.25, 0.3) is 5.70 Å². The zero-order valence-electron chi connectivity index (χ0n) is 15.3. The van der Waals surface area contributed by atoms with Crippen molar-refractivity contribution in [3.63, 3.8) is 0 Å². The molecule has 6 nitrogen and oxygen atoms in total. The smallest absolute Gasteiger partial charge is 0.212 e. The van der Waals surface area contributed by atoms with Gasteiger partial charge in [0.25, 0.3) is 0 Å². The molecule has 1 aromatic rings. The van der Waals surface area contributed by atoms with Crippen LogP contribution in [0, 0.1) is 11.8 Å². The zero-order valence-corrected chi connectivity index (χ0v) is 15.3. The highest BCUT2D eigenvalue weighted by Crippen LogP contribution is 2.31. The summed E-state index contributed by atoms with van der Waals surface area (Å²) in [5.74, 6) is 6.75. The van der Waals surface area contributed by atoms with Gasteiger partial charge in [0, 0.05) is 30.2 Å². The van der Waals surface area contributed by atoms with Crippen LogP contribution < -0.4 is 0 Å². The predicted octanol–water partition coefficient (Wildman–Crippen LogP) is 1.42. The Morgan fingerprint density at radius 1 is 1.33 bits per heavy atom. The monoisotopic (exact) mass is 368 g/mol. The molecular weight excluding hydrogens is 344 g/mol. The van der Waals surface area contributed by atoms with Crippen LogP contribution in [-0.4, -0.2) is 68.3 Å². The van der Waals surface area contributed by atoms with Gasteiger partial charge >= 0.3 is 0 Å². The molecule has 0 aromatic heterocycles. The summed E-state index contributed by atoms with van der Waals surface area (Å²) in [6.45, 7) is 3.93. The van der Waals surface area contributed by atoms with Gasteiger partial charge in [-0.05, 0) is 24.1 Å². The molecule has 27 heavy (non-hydrogen) atoms. The van der Waals surface area contributed by atoms with Crippen LogP contribution in [-0.2, 0) is 20.6 Å². The zero-order chi connectivity index (χ0) is 18.5. The molecule has 1 unspecified atom stereocenters. The van der Waals surface area contributed by atoms with Crippen LogP contribution in [0.5, 0.6) is 0 Å². The van der Waals surface area contributed by atoms with E-state index in [4.69, 9.17) is 19.3 Å². The van der Waals surface area contributed by atoms with E-state index in [1.54, 1.807) is 0 Å². The Morgan fingerprint density at radius 2 is 2.30 bits per heavy atom. The van der Waals surface area contributed by atoms with Crippen molar-refractivity contribution in [1.82, 2.24) is 4.90 Å². The van der Waals surface area contributed by atoms with E-state index in [0.29, 0.717) is 45.4 Å². The lowest BCUT2D eigenvalue weighted by Gasteiger charge is -2.34. The first kappa shape index (κ1) is 18.1. The molecule has 1 atom stereocenters. The average molecular weight is 368 g/mol. The van der Waals surface area contributed by atoms with Crippen LogP contribution in [0.1, 0.15) is 23.1 Å². The van der Waals surface area contributed by atoms with Gasteiger partial charge in [-0.15, -0.1) is 0 Å². The Hall–Kier alpha value is -2.33. The number of aliphatic imine (C=N–C) groups is 1. The number of nitrogens with zero attached hydrogens (tertiary/aromatic N) is 2. The van der Waals surface area contributed by atoms with Gasteiger partial charge in [-0.3, -0.25) is 0 Å². The van der Waals surface area contributed by atoms with Crippen LogP contribution in [0.3, 0.4) is 0 Å². The second kappa shape index (κ2) is 8.57. The average Bonchev–Trinajstić information content (AvgIpc) is 2.73. The molecule has 3 heterocycles. The van der Waals surface area contributed by atoms with E-state index in [1.807, 2.05) is 12.1 Å². The fourth-order valence-corrected chi connectivity index (χ4v) is 3.43. The summed E-state index contributed by atoms with van der Waals surface area (Å²) in [7, 11) is 0. The van der Waals surface area contributed by atoms with Gasteiger partial charge < -0.3 is 24.2 Å². The number of hydrogen-bond donors (Lipinski definition) is 1. The summed E-state index contributed by atoms with van der Waals surface area (Å²) in [6.07, 6.45) is 3.46. The number of rotatable bonds is 3. The highest BCUT2D eigenvalue weighted by atomic mass is 16.6. The number of fused-ring (bicyclic) bond motifs is 3. The van der Waals surface area contributed by atoms with Crippen molar-refractivity contribution in [3.05, 3.63) is 41.0 Å². The minimum atomic E-state index is -0.0309. The second-order valence-electron chi connectivity index (χ2n) is 6.71. The highest BCUT2D eigenvalue weighted by molar-refractivity contribution is 5.96. The molecule has 0 bridgehead atoms. The van der Waals surface area contributed by atoms with Gasteiger partial charge in [0.1, 0.15) is 19.4 Å². The van der Waals surface area contributed by atoms with Gasteiger partial charge in [-0.1, -0.05) is 17.9 Å². The molecule has 0 saturated carbocycles. The van der Waals surface area contributed by atoms with E-state index in [1.165, 1.54) is 11.1 Å². The van der Waals surface area contributed by atoms with Crippen LogP contribution in [0.2, 0.25) is 0 Å². The molecule has 3 aliphatic rings. The lowest BCUT2D eigenvalue weighted by atomic mass is 9.94. The van der Waals surface area contributed by atoms with E-state index in [0.717, 1.165) is 24.2 Å². The van der Waals surface area contributed by atoms with Crippen molar-refractivity contribution in [3.8, 4) is 11.8 Å². The molecule has 0 amide bonds. The van der Waals surface area contributed by atoms with Gasteiger partial charge in [-0.2, -0.15) is 0 Å². The van der Waals surface area contributed by atoms with E-state index in [-0.39, 0.29) is 12.7 Å². The van der Waals surface area contributed by atoms with E-state index >= 15 is 0 Å². The van der Waals surface area contributed by atoms with Gasteiger partial charge in [0.15, 0.2) is 0 Å². The molecule has 0 aliphatic carbocycles. The molecule has 0 spiro atoms. The number of benzene rings is 1. The molecule has 6 heteroatoms. The van der Waals surface area contributed by atoms with Crippen molar-refractivity contribution >= 4 is 11.6 Å². The molecule has 1 saturated heterocycles. The topological polar surface area (TPSA) is 63.5 Å². The Kier molecular flexibility index (Phi) is 5.73. The molecule has 142 valence electrons. The van der Waals surface area contributed by atoms with Gasteiger partial charge in [-0.25, -0.2) is 4.99 Å². The summed E-state index contributed by atoms with van der Waals surface area (Å²) in [5.41, 5.74) is 4.64. The lowest BCUT2D eigenvalue weighted by molar-refractivity contribution is -0.103. The van der Waals surface area contributed by atoms with Crippen LogP contribution >= 0.6 is 0 Å². The molecule has 3 aliphatic heterocycles. The van der Waals surface area contributed by atoms with Gasteiger partial charge in [0.05, 0.1) is 32.1 Å². The Labute approximate surface area is 159 Å². The molecule has 1 aromatic carbocycles. The number of hydrogen-bond acceptors (Lipinski definition) is 6. The normalized spacial score (nSPS) is 21.2. The van der Waals surface area contributed by atoms with Crippen molar-refractivity contribution in [1.29, 1.82) is 0 Å². The van der Waals surface area contributed by atoms with E-state index in [2.05, 4.69) is 33.9 Å². The Morgan fingerprint density at radius 3 is 3.15 bits per heavy atom. The SMILES string of the molecule is OCCC#Cc1ccc2c(c1)CCN1CN=C(OCC3COCCO3)C=C21. The molecule has 1 fully saturated rings. The van der Waals surface area contributed by atoms with Crippen molar-refractivity contribution in [2.45, 2.75) is 18.9 Å². The standard InChI is InChI=1S/C21H24N2O4/c24-8-2-1-3-16-4-5-19-17(11-16)6-7-23-15-22-21(12-20(19)23)27-14-18-13-25-9-10-26-18/h4-5,11-12,18,24H,2,6-10,13-15H2. The summed E-state index contributed by atoms with van der Waals surface area (Å²) >= 11 is 0. The first-order valence-corrected chi connectivity index (χ1v) is 9.40. The summed E-state index contributed by atoms with van der Waals surface area (Å²) in [5, 5.41) is 8.86. The van der Waals surface area contributed by atoms with E-state index in [9.17, 15) is 0 Å². The minimum Gasteiger partial charge on any atom is -0.475 e. The fourth-order valence-electron chi connectivity index (χ4n) is 3.43. The van der Waals surface area contributed by atoms with Crippen molar-refractivity contribution in [2.75, 3.05) is 46.2 Å². The minimum absolute atomic E-state index is 0.0309. The third kappa shape index (κ3) is 4.33. The highest BCUT2D eigenvalue weighted by Gasteiger charge is 2.25. The Bertz CT molecular complexity index is 800. The number of aliphatic hydroxyl groups excluding tert-OH is 1. The van der Waals surface area contributed by atoms with E-state index < -0.39 is 0 Å². The maximum absolute atomic E-state index is 8.86. The number of aliphatic hydroxyl groups is 1. The van der Waals surface area contributed by atoms with Crippen LogP contribution in [0.4, 0.5) is 0 Å². The quantitative estimate of drug-likeness (QED) is 0.818. The fraction of sp³-hybridized carbons (Fsp3) is 0.476. The Balaban J connectivity index is 1.48. The molecule has 1 N–H and O–H groups in total. The lowest BCUT2D eigenvalue weighted by Crippen LogP contribution is -2.35. The van der Waals surface area contributed by atoms with Gasteiger partial charge in [0.2, 0.25) is 5.90 Å². The van der Waals surface area contributed by atoms with Crippen molar-refractivity contribution in [2.24, 2.45) is 4.99 Å². The first-order valence-electron chi connectivity index (χ1n) is 9.40. The van der Waals surface area contributed by atoms with Crippen LogP contribution in [0.15, 0.2) is 29.3 Å². The maximum Gasteiger partial charge on any atom is 0.212 e. The largest absolute Gasteiger partial charge is 0.475 e. The summed E-state index contributed by atoms with van der Waals surface area (Å²) < 4.78 is 16.9. The number of ether oxygens (including phenoxy) is 3. The predicted molar refractivity (Wildman–Crippen MR) is 102 cm³/mol. The summed E-state index contributed by atoms with van der Waals surface area (Å²) in [4.78, 5) is 6.81. The summed E-state index contributed by atoms with van der Waals surface area (Å²) in [6, 6.07) is 6.31. The third-order valence-electron chi connectivity index (χ3n) is 4.80. The van der Waals surface area contributed by atoms with Crippen molar-refractivity contribution < 1.29 is 19.3 Å². The maximum atomic E-state index is 8.86.